The Bertz CT molecular complexity index is 524. The highest BCUT2D eigenvalue weighted by Crippen LogP contribution is 2.45. The van der Waals surface area contributed by atoms with Gasteiger partial charge in [0.25, 0.3) is 0 Å². The van der Waals surface area contributed by atoms with Gasteiger partial charge >= 0.3 is 0 Å². The lowest BCUT2D eigenvalue weighted by atomic mass is 10.1. The van der Waals surface area contributed by atoms with E-state index in [9.17, 15) is 0 Å². The average Bonchev–Trinajstić information content (AvgIpc) is 2.62. The molecule has 0 bridgehead atoms. The number of hydrogen-bond acceptors (Lipinski definition) is 1. The van der Waals surface area contributed by atoms with E-state index >= 15 is 0 Å². The molecule has 110 valence electrons. The van der Waals surface area contributed by atoms with Crippen LogP contribution in [0.1, 0.15) is 58.2 Å². The highest BCUT2D eigenvalue weighted by atomic mass is 28.3. The summed E-state index contributed by atoms with van der Waals surface area (Å²) >= 11 is 0. The van der Waals surface area contributed by atoms with E-state index in [2.05, 4.69) is 83.4 Å². The Morgan fingerprint density at radius 3 is 2.30 bits per heavy atom. The Kier molecular flexibility index (Phi) is 4.00. The SMILES string of the molecule is CC1=Cc2ccccc2C1[Si](C)(NC(C)(C)C)C(C)C. The van der Waals surface area contributed by atoms with E-state index in [1.54, 1.807) is 0 Å². The molecular weight excluding hydrogens is 258 g/mol. The van der Waals surface area contributed by atoms with Crippen molar-refractivity contribution in [1.29, 1.82) is 0 Å². The lowest BCUT2D eigenvalue weighted by Crippen LogP contribution is -2.61. The summed E-state index contributed by atoms with van der Waals surface area (Å²) in [7, 11) is -1.66. The van der Waals surface area contributed by atoms with Crippen LogP contribution in [0.5, 0.6) is 0 Å². The third-order valence-electron chi connectivity index (χ3n) is 4.59. The van der Waals surface area contributed by atoms with Crippen molar-refractivity contribution >= 4 is 14.3 Å². The molecule has 0 saturated carbocycles. The quantitative estimate of drug-likeness (QED) is 0.763. The van der Waals surface area contributed by atoms with E-state index < -0.39 is 8.24 Å². The molecule has 1 aromatic rings. The van der Waals surface area contributed by atoms with E-state index in [0.29, 0.717) is 11.1 Å². The molecule has 1 aliphatic rings. The molecular formula is C18H29NSi. The Hall–Kier alpha value is -0.863. The molecule has 1 aliphatic carbocycles. The number of nitrogens with one attached hydrogen (secondary N) is 1. The average molecular weight is 288 g/mol. The molecule has 1 aromatic carbocycles. The zero-order chi connectivity index (χ0) is 15.1. The molecule has 0 radical (unpaired) electrons. The van der Waals surface area contributed by atoms with Gasteiger partial charge in [0.2, 0.25) is 0 Å². The van der Waals surface area contributed by atoms with Crippen LogP contribution in [0.15, 0.2) is 29.8 Å². The van der Waals surface area contributed by atoms with Crippen molar-refractivity contribution in [2.45, 2.75) is 64.7 Å². The normalized spacial score (nSPS) is 21.6. The summed E-state index contributed by atoms with van der Waals surface area (Å²) in [5, 5.41) is 0. The summed E-state index contributed by atoms with van der Waals surface area (Å²) in [5.41, 5.74) is 5.95. The van der Waals surface area contributed by atoms with E-state index in [1.165, 1.54) is 16.7 Å². The van der Waals surface area contributed by atoms with Crippen LogP contribution in [0, 0.1) is 0 Å². The fraction of sp³-hybridized carbons (Fsp3) is 0.556. The van der Waals surface area contributed by atoms with Crippen LogP contribution in [0.4, 0.5) is 0 Å². The van der Waals surface area contributed by atoms with E-state index in [0.717, 1.165) is 0 Å². The predicted molar refractivity (Wildman–Crippen MR) is 92.4 cm³/mol. The fourth-order valence-electron chi connectivity index (χ4n) is 3.63. The number of hydrogen-bond donors (Lipinski definition) is 1. The molecule has 2 atom stereocenters. The van der Waals surface area contributed by atoms with Gasteiger partial charge in [0.15, 0.2) is 0 Å². The lowest BCUT2D eigenvalue weighted by Gasteiger charge is -2.44. The fourth-order valence-corrected chi connectivity index (χ4v) is 8.29. The second-order valence-corrected chi connectivity index (χ2v) is 12.3. The lowest BCUT2D eigenvalue weighted by molar-refractivity contribution is 0.501. The molecule has 20 heavy (non-hydrogen) atoms. The Balaban J connectivity index is 2.48. The van der Waals surface area contributed by atoms with Gasteiger partial charge < -0.3 is 4.98 Å². The first-order valence-corrected chi connectivity index (χ1v) is 10.4. The Morgan fingerprint density at radius 2 is 1.75 bits per heavy atom. The maximum absolute atomic E-state index is 4.04. The highest BCUT2D eigenvalue weighted by Gasteiger charge is 2.45. The van der Waals surface area contributed by atoms with Crippen LogP contribution in [-0.2, 0) is 0 Å². The number of fused-ring (bicyclic) bond motifs is 1. The van der Waals surface area contributed by atoms with E-state index in [-0.39, 0.29) is 5.54 Å². The van der Waals surface area contributed by atoms with Gasteiger partial charge in [0.05, 0.1) is 0 Å². The van der Waals surface area contributed by atoms with Gasteiger partial charge in [-0.1, -0.05) is 56.3 Å². The summed E-state index contributed by atoms with van der Waals surface area (Å²) in [6, 6.07) is 8.91. The first kappa shape index (κ1) is 15.5. The molecule has 0 amide bonds. The van der Waals surface area contributed by atoms with E-state index in [4.69, 9.17) is 0 Å². The monoisotopic (exact) mass is 287 g/mol. The smallest absolute Gasteiger partial charge is 0.137 e. The van der Waals surface area contributed by atoms with Gasteiger partial charge in [-0.3, -0.25) is 0 Å². The molecule has 0 aliphatic heterocycles. The summed E-state index contributed by atoms with van der Waals surface area (Å²) in [4.78, 5) is 4.04. The molecule has 2 heteroatoms. The molecule has 0 heterocycles. The summed E-state index contributed by atoms with van der Waals surface area (Å²) in [5.74, 6) is 0. The number of benzene rings is 1. The highest BCUT2D eigenvalue weighted by molar-refractivity contribution is 6.79. The van der Waals surface area contributed by atoms with Gasteiger partial charge in [-0.25, -0.2) is 0 Å². The molecule has 1 N–H and O–H groups in total. The molecule has 0 saturated heterocycles. The van der Waals surface area contributed by atoms with Crippen molar-refractivity contribution in [3.05, 3.63) is 41.0 Å². The summed E-state index contributed by atoms with van der Waals surface area (Å²) < 4.78 is 0. The third-order valence-corrected chi connectivity index (χ3v) is 10.2. The van der Waals surface area contributed by atoms with Gasteiger partial charge in [-0.2, -0.15) is 0 Å². The van der Waals surface area contributed by atoms with Crippen molar-refractivity contribution < 1.29 is 0 Å². The minimum atomic E-state index is -1.66. The largest absolute Gasteiger partial charge is 0.332 e. The van der Waals surface area contributed by atoms with Crippen LogP contribution in [-0.4, -0.2) is 13.8 Å². The molecule has 0 aromatic heterocycles. The van der Waals surface area contributed by atoms with Crippen molar-refractivity contribution in [3.63, 3.8) is 0 Å². The number of allylic oxidation sites excluding steroid dienone is 1. The first-order chi connectivity index (χ1) is 9.15. The minimum Gasteiger partial charge on any atom is -0.332 e. The Morgan fingerprint density at radius 1 is 1.15 bits per heavy atom. The second-order valence-electron chi connectivity index (χ2n) is 7.76. The van der Waals surface area contributed by atoms with Gasteiger partial charge in [0, 0.05) is 11.1 Å². The molecule has 0 fully saturated rings. The van der Waals surface area contributed by atoms with Crippen molar-refractivity contribution in [2.75, 3.05) is 0 Å². The van der Waals surface area contributed by atoms with Crippen LogP contribution < -0.4 is 4.98 Å². The molecule has 2 rings (SSSR count). The number of rotatable bonds is 3. The maximum Gasteiger partial charge on any atom is 0.137 e. The first-order valence-electron chi connectivity index (χ1n) is 7.71. The minimum absolute atomic E-state index is 0.170. The zero-order valence-electron chi connectivity index (χ0n) is 14.0. The van der Waals surface area contributed by atoms with Crippen molar-refractivity contribution in [2.24, 2.45) is 0 Å². The topological polar surface area (TPSA) is 12.0 Å². The summed E-state index contributed by atoms with van der Waals surface area (Å²) in [6.07, 6.45) is 2.39. The van der Waals surface area contributed by atoms with Crippen LogP contribution in [0.2, 0.25) is 12.1 Å². The van der Waals surface area contributed by atoms with Gasteiger partial charge in [-0.05, 0) is 44.4 Å². The zero-order valence-corrected chi connectivity index (χ0v) is 15.0. The van der Waals surface area contributed by atoms with Crippen LogP contribution >= 0.6 is 0 Å². The molecule has 0 spiro atoms. The molecule has 1 nitrogen and oxygen atoms in total. The summed E-state index contributed by atoms with van der Waals surface area (Å²) in [6.45, 7) is 16.5. The second kappa shape index (κ2) is 5.16. The van der Waals surface area contributed by atoms with Crippen LogP contribution in [0.3, 0.4) is 0 Å². The standard InChI is InChI=1S/C18H29NSi/c1-13(2)20(7,19-18(4,5)6)17-14(3)12-15-10-8-9-11-16(15)17/h8-13,17,19H,1-7H3. The third kappa shape index (κ3) is 2.77. The van der Waals surface area contributed by atoms with Crippen molar-refractivity contribution in [3.8, 4) is 0 Å². The van der Waals surface area contributed by atoms with Gasteiger partial charge in [0.1, 0.15) is 8.24 Å². The Labute approximate surface area is 125 Å². The molecule has 2 unspecified atom stereocenters. The van der Waals surface area contributed by atoms with Gasteiger partial charge in [-0.15, -0.1) is 0 Å². The maximum atomic E-state index is 4.04. The predicted octanol–water partition coefficient (Wildman–Crippen LogP) is 5.10. The van der Waals surface area contributed by atoms with Crippen molar-refractivity contribution in [1.82, 2.24) is 4.98 Å². The van der Waals surface area contributed by atoms with Crippen LogP contribution in [0.25, 0.3) is 6.08 Å². The van der Waals surface area contributed by atoms with E-state index in [1.807, 2.05) is 0 Å².